The second-order valence-electron chi connectivity index (χ2n) is 16.5. The number of anilines is 3. The molecular weight excluding hydrogens is 753 g/mol. The highest BCUT2D eigenvalue weighted by atomic mass is 15.4. The van der Waals surface area contributed by atoms with E-state index < -0.39 is 5.41 Å². The Hall–Kier alpha value is -7.34. The largest absolute Gasteiger partial charge is 0.624 e. The number of para-hydroxylation sites is 3. The molecule has 2 aliphatic heterocycles. The molecule has 0 bridgehead atoms. The Balaban J connectivity index is 0.871. The van der Waals surface area contributed by atoms with Gasteiger partial charge >= 0.3 is 0 Å². The molecule has 4 heteroatoms. The molecule has 62 heavy (non-hydrogen) atoms. The molecule has 1 fully saturated rings. The fourth-order valence-electron chi connectivity index (χ4n) is 10.3. The summed E-state index contributed by atoms with van der Waals surface area (Å²) >= 11 is 0. The van der Waals surface area contributed by atoms with E-state index in [0.29, 0.717) is 0 Å². The second kappa shape index (κ2) is 15.0. The lowest BCUT2D eigenvalue weighted by atomic mass is 9.64. The molecule has 0 saturated carbocycles. The van der Waals surface area contributed by atoms with Gasteiger partial charge in [0.2, 0.25) is 0 Å². The first-order chi connectivity index (χ1) is 30.7. The first-order valence-corrected chi connectivity index (χ1v) is 21.6. The first-order valence-electron chi connectivity index (χ1n) is 21.6. The summed E-state index contributed by atoms with van der Waals surface area (Å²) in [7, 11) is 0. The van der Waals surface area contributed by atoms with Gasteiger partial charge in [-0.3, -0.25) is 0 Å². The molecule has 3 aliphatic rings. The molecule has 2 atom stereocenters. The highest BCUT2D eigenvalue weighted by Gasteiger charge is 2.51. The second-order valence-corrected chi connectivity index (χ2v) is 16.5. The normalized spacial score (nSPS) is 18.1. The van der Waals surface area contributed by atoms with E-state index in [9.17, 15) is 0 Å². The SMILES string of the molecule is c1ccc(C2[N-]C(c3ccccc3)NC(c3ccc(-c4ccc(-c5ccc6c(c5)-c5ccccc5C65c6ccccc6N(c6ccccc6)c6ccccc65)cc4)cc3)N2)cc1. The topological polar surface area (TPSA) is 41.4 Å². The van der Waals surface area contributed by atoms with Crippen LogP contribution >= 0.6 is 0 Å². The van der Waals surface area contributed by atoms with E-state index in [4.69, 9.17) is 5.32 Å². The number of hydrogen-bond acceptors (Lipinski definition) is 3. The average Bonchev–Trinajstić information content (AvgIpc) is 3.65. The summed E-state index contributed by atoms with van der Waals surface area (Å²) in [6, 6.07) is 83.9. The number of rotatable bonds is 6. The number of nitrogens with one attached hydrogen (secondary N) is 2. The summed E-state index contributed by atoms with van der Waals surface area (Å²) in [6.45, 7) is 0. The van der Waals surface area contributed by atoms with Gasteiger partial charge in [-0.25, -0.2) is 0 Å². The van der Waals surface area contributed by atoms with Crippen molar-refractivity contribution in [1.29, 1.82) is 0 Å². The van der Waals surface area contributed by atoms with Gasteiger partial charge in [-0.2, -0.15) is 0 Å². The van der Waals surface area contributed by atoms with E-state index in [1.54, 1.807) is 0 Å². The maximum atomic E-state index is 5.16. The summed E-state index contributed by atoms with van der Waals surface area (Å²) in [5, 5.41) is 12.7. The molecule has 1 aliphatic carbocycles. The lowest BCUT2D eigenvalue weighted by molar-refractivity contribution is 0.316. The van der Waals surface area contributed by atoms with Crippen molar-refractivity contribution in [3.8, 4) is 33.4 Å². The van der Waals surface area contributed by atoms with Crippen LogP contribution in [0.2, 0.25) is 0 Å². The lowest BCUT2D eigenvalue weighted by Gasteiger charge is -2.50. The Morgan fingerprint density at radius 3 is 1.37 bits per heavy atom. The van der Waals surface area contributed by atoms with E-state index in [1.807, 2.05) is 0 Å². The van der Waals surface area contributed by atoms with Gasteiger partial charge in [0.15, 0.2) is 0 Å². The zero-order chi connectivity index (χ0) is 41.0. The van der Waals surface area contributed by atoms with Crippen molar-refractivity contribution in [2.24, 2.45) is 0 Å². The third-order valence-corrected chi connectivity index (χ3v) is 13.1. The Labute approximate surface area is 363 Å². The third kappa shape index (κ3) is 5.88. The monoisotopic (exact) mass is 795 g/mol. The van der Waals surface area contributed by atoms with Gasteiger partial charge in [-0.05, 0) is 91.5 Å². The minimum atomic E-state index is -0.457. The fraction of sp³-hybridized carbons (Fsp3) is 0.0690. The Morgan fingerprint density at radius 1 is 0.355 bits per heavy atom. The molecule has 2 unspecified atom stereocenters. The van der Waals surface area contributed by atoms with Crippen LogP contribution in [-0.4, -0.2) is 0 Å². The lowest BCUT2D eigenvalue weighted by Crippen LogP contribution is -2.44. The van der Waals surface area contributed by atoms with Crippen molar-refractivity contribution in [3.63, 3.8) is 0 Å². The van der Waals surface area contributed by atoms with Gasteiger partial charge in [-0.15, -0.1) is 0 Å². The van der Waals surface area contributed by atoms with E-state index in [0.717, 1.165) is 16.8 Å². The first kappa shape index (κ1) is 36.5. The van der Waals surface area contributed by atoms with Gasteiger partial charge < -0.3 is 20.9 Å². The van der Waals surface area contributed by atoms with Crippen molar-refractivity contribution in [2.45, 2.75) is 23.9 Å². The molecule has 9 aromatic rings. The smallest absolute Gasteiger partial charge is 0.0814 e. The quantitative estimate of drug-likeness (QED) is 0.176. The van der Waals surface area contributed by atoms with Crippen LogP contribution in [0.3, 0.4) is 0 Å². The third-order valence-electron chi connectivity index (χ3n) is 13.1. The van der Waals surface area contributed by atoms with Crippen molar-refractivity contribution < 1.29 is 0 Å². The van der Waals surface area contributed by atoms with Gasteiger partial charge in [0.25, 0.3) is 0 Å². The van der Waals surface area contributed by atoms with E-state index >= 15 is 0 Å². The molecule has 0 amide bonds. The van der Waals surface area contributed by atoms with E-state index in [1.165, 1.54) is 72.6 Å². The van der Waals surface area contributed by atoms with Crippen LogP contribution in [-0.2, 0) is 5.41 Å². The number of fused-ring (bicyclic) bond motifs is 9. The van der Waals surface area contributed by atoms with Gasteiger partial charge in [0.05, 0.1) is 23.0 Å². The van der Waals surface area contributed by atoms with Crippen molar-refractivity contribution in [2.75, 3.05) is 4.90 Å². The van der Waals surface area contributed by atoms with Crippen LogP contribution in [0.25, 0.3) is 38.7 Å². The summed E-state index contributed by atoms with van der Waals surface area (Å²) in [5.74, 6) is 0. The van der Waals surface area contributed by atoms with Gasteiger partial charge in [-0.1, -0.05) is 224 Å². The van der Waals surface area contributed by atoms with Crippen molar-refractivity contribution >= 4 is 17.1 Å². The number of hydrogen-bond donors (Lipinski definition) is 2. The predicted molar refractivity (Wildman–Crippen MR) is 254 cm³/mol. The van der Waals surface area contributed by atoms with Crippen molar-refractivity contribution in [3.05, 3.63) is 275 Å². The standard InChI is InChI=1S/C58H43N4/c1-4-16-42(17-5-1)55-59-56(43-18-6-2-7-19-43)61-57(60-55)44-34-32-40(33-35-44)39-28-30-41(31-29-39)45-36-37-50-48(38-45)47-22-10-11-23-49(47)58(50)51-24-12-14-26-53(51)62(46-20-8-3-9-21-46)54-27-15-13-25-52(54)58/h1-38,55-57,60-61H/q-1. The van der Waals surface area contributed by atoms with Crippen LogP contribution in [0.5, 0.6) is 0 Å². The number of benzene rings is 9. The molecule has 296 valence electrons. The van der Waals surface area contributed by atoms with Crippen molar-refractivity contribution in [1.82, 2.24) is 10.6 Å². The van der Waals surface area contributed by atoms with Crippen LogP contribution in [0.4, 0.5) is 17.1 Å². The summed E-state index contributed by atoms with van der Waals surface area (Å²) < 4.78 is 0. The summed E-state index contributed by atoms with van der Waals surface area (Å²) in [5.41, 5.74) is 19.2. The molecule has 0 radical (unpaired) electrons. The van der Waals surface area contributed by atoms with E-state index in [2.05, 4.69) is 246 Å². The molecule has 9 aromatic carbocycles. The average molecular weight is 796 g/mol. The zero-order valence-electron chi connectivity index (χ0n) is 34.1. The minimum Gasteiger partial charge on any atom is -0.624 e. The minimum absolute atomic E-state index is 0.0678. The summed E-state index contributed by atoms with van der Waals surface area (Å²) in [6.07, 6.45) is -0.323. The zero-order valence-corrected chi connectivity index (χ0v) is 34.1. The fourth-order valence-corrected chi connectivity index (χ4v) is 10.3. The maximum absolute atomic E-state index is 5.16. The Kier molecular flexibility index (Phi) is 8.82. The maximum Gasteiger partial charge on any atom is 0.0814 e. The highest BCUT2D eigenvalue weighted by molar-refractivity contribution is 5.96. The van der Waals surface area contributed by atoms with Gasteiger partial charge in [0, 0.05) is 5.69 Å². The summed E-state index contributed by atoms with van der Waals surface area (Å²) in [4.78, 5) is 2.43. The van der Waals surface area contributed by atoms with Crippen LogP contribution in [0.15, 0.2) is 231 Å². The highest BCUT2D eigenvalue weighted by Crippen LogP contribution is 2.63. The van der Waals surface area contributed by atoms with E-state index in [-0.39, 0.29) is 18.5 Å². The Morgan fingerprint density at radius 2 is 0.790 bits per heavy atom. The van der Waals surface area contributed by atoms with Crippen LogP contribution < -0.4 is 15.5 Å². The molecular formula is C58H43N4-. The molecule has 1 spiro atoms. The molecule has 12 rings (SSSR count). The van der Waals surface area contributed by atoms with Crippen LogP contribution in [0.1, 0.15) is 57.4 Å². The number of nitrogens with zero attached hydrogens (tertiary/aromatic N) is 2. The molecule has 0 aromatic heterocycles. The molecule has 2 N–H and O–H groups in total. The molecule has 1 saturated heterocycles. The van der Waals surface area contributed by atoms with Gasteiger partial charge in [0.1, 0.15) is 0 Å². The predicted octanol–water partition coefficient (Wildman–Crippen LogP) is 14.1. The molecule has 2 heterocycles. The Bertz CT molecular complexity index is 2960. The molecule has 4 nitrogen and oxygen atoms in total. The van der Waals surface area contributed by atoms with Crippen LogP contribution in [0, 0.1) is 0 Å².